The number of imidazole rings is 1. The third kappa shape index (κ3) is 8.49. The van der Waals surface area contributed by atoms with E-state index in [-0.39, 0.29) is 29.7 Å². The number of aromatic nitrogens is 5. The topological polar surface area (TPSA) is 159 Å². The molecular formula is C37H41F2N9O4. The van der Waals surface area contributed by atoms with Crippen molar-refractivity contribution >= 4 is 29.5 Å². The van der Waals surface area contributed by atoms with Crippen LogP contribution in [-0.2, 0) is 11.2 Å². The number of rotatable bonds is 11. The number of hydrogen-bond donors (Lipinski definition) is 4. The Morgan fingerprint density at radius 3 is 2.56 bits per heavy atom. The Hall–Kier alpha value is -5.54. The highest BCUT2D eigenvalue weighted by atomic mass is 19.2. The molecule has 1 unspecified atom stereocenters. The van der Waals surface area contributed by atoms with Crippen LogP contribution in [0.2, 0.25) is 0 Å². The van der Waals surface area contributed by atoms with Crippen molar-refractivity contribution in [3.05, 3.63) is 90.1 Å². The molecule has 5 aromatic rings. The summed E-state index contributed by atoms with van der Waals surface area (Å²) in [4.78, 5) is 40.9. The average Bonchev–Trinajstić information content (AvgIpc) is 3.85. The van der Waals surface area contributed by atoms with Crippen LogP contribution in [0.25, 0.3) is 16.9 Å². The number of anilines is 2. The molecule has 2 aliphatic heterocycles. The van der Waals surface area contributed by atoms with Gasteiger partial charge >= 0.3 is 6.01 Å². The number of hydrogen-bond acceptors (Lipinski definition) is 10. The average molecular weight is 714 g/mol. The van der Waals surface area contributed by atoms with Crippen molar-refractivity contribution in [1.82, 2.24) is 39.9 Å². The molecule has 0 saturated carbocycles. The first kappa shape index (κ1) is 36.3. The molecule has 1 atom stereocenters. The number of carbonyl (C=O) groups excluding carboxylic acids is 1. The van der Waals surface area contributed by atoms with E-state index in [0.717, 1.165) is 56.2 Å². The van der Waals surface area contributed by atoms with E-state index in [1.54, 1.807) is 22.9 Å². The Labute approximate surface area is 299 Å². The van der Waals surface area contributed by atoms with Crippen LogP contribution in [0, 0.1) is 23.5 Å². The predicted octanol–water partition coefficient (Wildman–Crippen LogP) is 5.31. The Balaban J connectivity index is 0.00000150. The van der Waals surface area contributed by atoms with E-state index in [9.17, 15) is 4.79 Å². The van der Waals surface area contributed by atoms with E-state index >= 15 is 8.78 Å². The largest absolute Gasteiger partial charge is 0.483 e. The van der Waals surface area contributed by atoms with E-state index in [4.69, 9.17) is 14.6 Å². The van der Waals surface area contributed by atoms with Gasteiger partial charge < -0.3 is 30.7 Å². The Bertz CT molecular complexity index is 1980. The van der Waals surface area contributed by atoms with Crippen LogP contribution >= 0.6 is 0 Å². The summed E-state index contributed by atoms with van der Waals surface area (Å²) in [6.45, 7) is 8.06. The van der Waals surface area contributed by atoms with Gasteiger partial charge in [0.15, 0.2) is 23.0 Å². The van der Waals surface area contributed by atoms with Gasteiger partial charge in [0, 0.05) is 54.7 Å². The van der Waals surface area contributed by atoms with Crippen molar-refractivity contribution in [1.29, 1.82) is 0 Å². The van der Waals surface area contributed by atoms with Gasteiger partial charge in [0.2, 0.25) is 5.82 Å². The fourth-order valence-electron chi connectivity index (χ4n) is 6.71. The molecule has 2 aliphatic rings. The summed E-state index contributed by atoms with van der Waals surface area (Å²) in [5.74, 6) is -0.986. The van der Waals surface area contributed by atoms with Gasteiger partial charge in [0.05, 0.1) is 11.9 Å². The highest BCUT2D eigenvalue weighted by Crippen LogP contribution is 2.33. The summed E-state index contributed by atoms with van der Waals surface area (Å²) < 4.78 is 37.3. The summed E-state index contributed by atoms with van der Waals surface area (Å²) in [6, 6.07) is 9.84. The number of piperidine rings is 1. The fourth-order valence-corrected chi connectivity index (χ4v) is 6.71. The number of nitrogens with zero attached hydrogens (tertiary/aromatic N) is 6. The third-order valence-corrected chi connectivity index (χ3v) is 9.42. The van der Waals surface area contributed by atoms with E-state index < -0.39 is 11.6 Å². The van der Waals surface area contributed by atoms with Crippen LogP contribution in [0.4, 0.5) is 20.3 Å². The van der Waals surface area contributed by atoms with Crippen molar-refractivity contribution in [2.75, 3.05) is 44.6 Å². The monoisotopic (exact) mass is 713 g/mol. The molecular weight excluding hydrogens is 672 g/mol. The minimum Gasteiger partial charge on any atom is -0.483 e. The number of benzene rings is 2. The lowest BCUT2D eigenvalue weighted by atomic mass is 9.95. The zero-order valence-corrected chi connectivity index (χ0v) is 28.8. The van der Waals surface area contributed by atoms with E-state index in [0.29, 0.717) is 41.6 Å². The minimum atomic E-state index is -1.17. The summed E-state index contributed by atoms with van der Waals surface area (Å²) in [6.07, 6.45) is 11.7. The molecule has 272 valence electrons. The standard InChI is InChI=1S/C36H39F2N9O2.CH2O2/c1-2-25-18-26(4-5-27(25)35(48)44-20-23-9-15-46(16-10-23)22-24-8-13-39-19-24)45-33-34-43-21-29(47(34)17-14-40-33)28-6-7-30(32(38)31(28)37)49-36-41-11-3-12-42-36;2-1-3/h3-7,11-12,14,17-18,21,23-24,39H,2,8-10,13,15-16,19-20,22H2,1H3,(H,40,45)(H,44,48);1H,(H,2,3). The number of halogens is 2. The van der Waals surface area contributed by atoms with Gasteiger partial charge in [-0.2, -0.15) is 4.39 Å². The molecule has 1 amide bonds. The van der Waals surface area contributed by atoms with Crippen LogP contribution in [0.5, 0.6) is 11.8 Å². The van der Waals surface area contributed by atoms with Gasteiger partial charge in [-0.15, -0.1) is 0 Å². The quantitative estimate of drug-likeness (QED) is 0.131. The van der Waals surface area contributed by atoms with Gasteiger partial charge in [-0.3, -0.25) is 14.0 Å². The maximum absolute atomic E-state index is 15.3. The summed E-state index contributed by atoms with van der Waals surface area (Å²) >= 11 is 0. The minimum absolute atomic E-state index is 0.000655. The number of carbonyl (C=O) groups is 2. The normalized spacial score (nSPS) is 16.2. The van der Waals surface area contributed by atoms with Gasteiger partial charge in [0.1, 0.15) is 0 Å². The van der Waals surface area contributed by atoms with E-state index in [1.165, 1.54) is 43.7 Å². The van der Waals surface area contributed by atoms with Crippen LogP contribution in [-0.4, -0.2) is 86.0 Å². The number of ether oxygens (including phenoxy) is 1. The molecule has 0 spiro atoms. The zero-order chi connectivity index (χ0) is 36.5. The highest BCUT2D eigenvalue weighted by Gasteiger charge is 2.24. The van der Waals surface area contributed by atoms with Crippen molar-refractivity contribution < 1.29 is 28.2 Å². The van der Waals surface area contributed by atoms with Gasteiger partial charge in [-0.1, -0.05) is 6.92 Å². The molecule has 2 saturated heterocycles. The lowest BCUT2D eigenvalue weighted by Gasteiger charge is -2.33. The molecule has 2 aromatic carbocycles. The zero-order valence-electron chi connectivity index (χ0n) is 28.8. The van der Waals surface area contributed by atoms with Crippen LogP contribution in [0.1, 0.15) is 42.1 Å². The number of amides is 1. The molecule has 0 radical (unpaired) electrons. The smallest absolute Gasteiger partial charge is 0.321 e. The van der Waals surface area contributed by atoms with Crippen molar-refractivity contribution in [3.8, 4) is 23.0 Å². The van der Waals surface area contributed by atoms with E-state index in [2.05, 4.69) is 40.8 Å². The second-order valence-corrected chi connectivity index (χ2v) is 12.8. The summed E-state index contributed by atoms with van der Waals surface area (Å²) in [5, 5.41) is 16.8. The number of carboxylic acid groups (broad SMARTS) is 1. The molecule has 2 fully saturated rings. The number of likely N-dealkylation sites (tertiary alicyclic amines) is 1. The molecule has 0 bridgehead atoms. The lowest BCUT2D eigenvalue weighted by Crippen LogP contribution is -2.41. The molecule has 15 heteroatoms. The molecule has 7 rings (SSSR count). The molecule has 0 aliphatic carbocycles. The second kappa shape index (κ2) is 17.1. The first-order chi connectivity index (χ1) is 25.4. The second-order valence-electron chi connectivity index (χ2n) is 12.8. The van der Waals surface area contributed by atoms with Crippen molar-refractivity contribution in [3.63, 3.8) is 0 Å². The Kier molecular flexibility index (Phi) is 11.9. The first-order valence-corrected chi connectivity index (χ1v) is 17.3. The van der Waals surface area contributed by atoms with Gasteiger partial charge in [0.25, 0.3) is 12.4 Å². The van der Waals surface area contributed by atoms with Gasteiger partial charge in [-0.25, -0.2) is 24.3 Å². The SMILES string of the molecule is CCc1cc(Nc2nccn3c(-c4ccc(Oc5ncccn5)c(F)c4F)cnc23)ccc1C(=O)NCC1CCN(CC2CCNC2)CC1.O=CO. The summed E-state index contributed by atoms with van der Waals surface area (Å²) in [7, 11) is 0. The number of nitrogens with one attached hydrogen (secondary N) is 3. The van der Waals surface area contributed by atoms with E-state index in [1.807, 2.05) is 25.1 Å². The lowest BCUT2D eigenvalue weighted by molar-refractivity contribution is -0.122. The number of fused-ring (bicyclic) bond motifs is 1. The van der Waals surface area contributed by atoms with Crippen molar-refractivity contribution in [2.45, 2.75) is 32.6 Å². The first-order valence-electron chi connectivity index (χ1n) is 17.3. The molecule has 13 nitrogen and oxygen atoms in total. The molecule has 3 aromatic heterocycles. The summed E-state index contributed by atoms with van der Waals surface area (Å²) in [5.41, 5.74) is 3.03. The maximum atomic E-state index is 15.3. The highest BCUT2D eigenvalue weighted by molar-refractivity contribution is 5.96. The Morgan fingerprint density at radius 2 is 1.83 bits per heavy atom. The molecule has 5 heterocycles. The maximum Gasteiger partial charge on any atom is 0.321 e. The Morgan fingerprint density at radius 1 is 1.04 bits per heavy atom. The van der Waals surface area contributed by atoms with Crippen LogP contribution in [0.3, 0.4) is 0 Å². The third-order valence-electron chi connectivity index (χ3n) is 9.42. The number of aryl methyl sites for hydroxylation is 1. The van der Waals surface area contributed by atoms with Gasteiger partial charge in [-0.05, 0) is 106 Å². The van der Waals surface area contributed by atoms with Crippen LogP contribution in [0.15, 0.2) is 67.4 Å². The molecule has 4 N–H and O–H groups in total. The molecule has 52 heavy (non-hydrogen) atoms. The van der Waals surface area contributed by atoms with Crippen LogP contribution < -0.4 is 20.7 Å². The van der Waals surface area contributed by atoms with Crippen molar-refractivity contribution in [2.24, 2.45) is 11.8 Å². The fraction of sp³-hybridized carbons (Fsp3) is 0.351. The predicted molar refractivity (Wildman–Crippen MR) is 191 cm³/mol.